The number of hydrogen-bond acceptors (Lipinski definition) is 3. The first kappa shape index (κ1) is 14.0. The van der Waals surface area contributed by atoms with E-state index in [2.05, 4.69) is 5.32 Å². The molecule has 1 amide bonds. The maximum Gasteiger partial charge on any atom is 0.339 e. The zero-order chi connectivity index (χ0) is 13.7. The van der Waals surface area contributed by atoms with Gasteiger partial charge in [-0.1, -0.05) is 12.1 Å². The maximum atomic E-state index is 11.6. The van der Waals surface area contributed by atoms with Gasteiger partial charge in [0.1, 0.15) is 11.3 Å². The first-order chi connectivity index (χ1) is 8.47. The zero-order valence-corrected chi connectivity index (χ0v) is 10.7. The number of aromatic carboxylic acids is 1. The number of carboxylic acids is 1. The van der Waals surface area contributed by atoms with Gasteiger partial charge in [-0.05, 0) is 32.4 Å². The lowest BCUT2D eigenvalue weighted by molar-refractivity contribution is -0.127. The van der Waals surface area contributed by atoms with Crippen molar-refractivity contribution in [3.8, 4) is 5.75 Å². The standard InChI is InChI=1S/C13H17NO4/c1-4-14-12(15)9(3)18-11-8(2)6-5-7-10(11)13(16)17/h5-7,9H,4H2,1-3H3,(H,14,15)(H,16,17). The Balaban J connectivity index is 2.96. The van der Waals surface area contributed by atoms with Gasteiger partial charge in [-0.25, -0.2) is 4.79 Å². The molecular weight excluding hydrogens is 234 g/mol. The summed E-state index contributed by atoms with van der Waals surface area (Å²) in [6.07, 6.45) is -0.732. The molecule has 0 radical (unpaired) electrons. The van der Waals surface area contributed by atoms with Gasteiger partial charge in [-0.3, -0.25) is 4.79 Å². The van der Waals surface area contributed by atoms with E-state index < -0.39 is 12.1 Å². The van der Waals surface area contributed by atoms with E-state index in [1.165, 1.54) is 6.07 Å². The van der Waals surface area contributed by atoms with Crippen LogP contribution in [-0.2, 0) is 4.79 Å². The van der Waals surface area contributed by atoms with Crippen LogP contribution in [0, 0.1) is 6.92 Å². The number of carbonyl (C=O) groups excluding carboxylic acids is 1. The summed E-state index contributed by atoms with van der Waals surface area (Å²) < 4.78 is 5.46. The second-order valence-corrected chi connectivity index (χ2v) is 3.91. The topological polar surface area (TPSA) is 75.6 Å². The minimum absolute atomic E-state index is 0.0612. The lowest BCUT2D eigenvalue weighted by Crippen LogP contribution is -2.36. The van der Waals surface area contributed by atoms with Crippen molar-refractivity contribution in [3.63, 3.8) is 0 Å². The van der Waals surface area contributed by atoms with E-state index in [1.807, 2.05) is 0 Å². The van der Waals surface area contributed by atoms with E-state index >= 15 is 0 Å². The van der Waals surface area contributed by atoms with Crippen molar-refractivity contribution < 1.29 is 19.4 Å². The average Bonchev–Trinajstić information content (AvgIpc) is 2.31. The zero-order valence-electron chi connectivity index (χ0n) is 10.7. The Morgan fingerprint density at radius 2 is 2.11 bits per heavy atom. The minimum Gasteiger partial charge on any atom is -0.480 e. The predicted molar refractivity (Wildman–Crippen MR) is 66.9 cm³/mol. The number of para-hydroxylation sites is 1. The average molecular weight is 251 g/mol. The fourth-order valence-electron chi connectivity index (χ4n) is 1.53. The molecule has 5 nitrogen and oxygen atoms in total. The molecule has 1 aromatic carbocycles. The van der Waals surface area contributed by atoms with Crippen molar-refractivity contribution >= 4 is 11.9 Å². The Morgan fingerprint density at radius 1 is 1.44 bits per heavy atom. The molecule has 1 atom stereocenters. The van der Waals surface area contributed by atoms with Crippen LogP contribution in [0.3, 0.4) is 0 Å². The van der Waals surface area contributed by atoms with Crippen LogP contribution in [0.1, 0.15) is 29.8 Å². The Kier molecular flexibility index (Phi) is 4.71. The second-order valence-electron chi connectivity index (χ2n) is 3.91. The number of nitrogens with one attached hydrogen (secondary N) is 1. The van der Waals surface area contributed by atoms with Crippen LogP contribution in [0.2, 0.25) is 0 Å². The van der Waals surface area contributed by atoms with Gasteiger partial charge in [0.15, 0.2) is 6.10 Å². The Bertz CT molecular complexity index is 456. The number of amides is 1. The molecule has 0 bridgehead atoms. The Labute approximate surface area is 106 Å². The molecule has 0 fully saturated rings. The molecular formula is C13H17NO4. The molecule has 0 aliphatic heterocycles. The van der Waals surface area contributed by atoms with Crippen LogP contribution in [0.15, 0.2) is 18.2 Å². The molecule has 0 spiro atoms. The molecule has 1 rings (SSSR count). The van der Waals surface area contributed by atoms with E-state index in [9.17, 15) is 9.59 Å². The third-order valence-electron chi connectivity index (χ3n) is 2.46. The molecule has 1 unspecified atom stereocenters. The van der Waals surface area contributed by atoms with Gasteiger partial charge in [0.25, 0.3) is 5.91 Å². The molecule has 0 aliphatic carbocycles. The SMILES string of the molecule is CCNC(=O)C(C)Oc1c(C)cccc1C(=O)O. The monoisotopic (exact) mass is 251 g/mol. The first-order valence-electron chi connectivity index (χ1n) is 5.74. The van der Waals surface area contributed by atoms with Crippen molar-refractivity contribution in [1.29, 1.82) is 0 Å². The number of ether oxygens (including phenoxy) is 1. The van der Waals surface area contributed by atoms with Gasteiger partial charge in [-0.15, -0.1) is 0 Å². The lowest BCUT2D eigenvalue weighted by Gasteiger charge is -2.17. The number of hydrogen-bond donors (Lipinski definition) is 2. The van der Waals surface area contributed by atoms with Crippen molar-refractivity contribution in [2.24, 2.45) is 0 Å². The van der Waals surface area contributed by atoms with Gasteiger partial charge in [0, 0.05) is 6.54 Å². The fraction of sp³-hybridized carbons (Fsp3) is 0.385. The maximum absolute atomic E-state index is 11.6. The summed E-state index contributed by atoms with van der Waals surface area (Å²) in [6, 6.07) is 4.84. The van der Waals surface area contributed by atoms with E-state index in [0.29, 0.717) is 12.1 Å². The highest BCUT2D eigenvalue weighted by atomic mass is 16.5. The number of carboxylic acid groups (broad SMARTS) is 1. The number of carbonyl (C=O) groups is 2. The van der Waals surface area contributed by atoms with Crippen LogP contribution < -0.4 is 10.1 Å². The molecule has 0 saturated carbocycles. The van der Waals surface area contributed by atoms with E-state index in [-0.39, 0.29) is 17.2 Å². The van der Waals surface area contributed by atoms with Crippen molar-refractivity contribution in [3.05, 3.63) is 29.3 Å². The summed E-state index contributed by atoms with van der Waals surface area (Å²) in [5.74, 6) is -1.10. The molecule has 0 saturated heterocycles. The van der Waals surface area contributed by atoms with Gasteiger partial charge < -0.3 is 15.2 Å². The third kappa shape index (κ3) is 3.23. The van der Waals surface area contributed by atoms with Crippen molar-refractivity contribution in [2.45, 2.75) is 26.9 Å². The van der Waals surface area contributed by atoms with Gasteiger partial charge in [-0.2, -0.15) is 0 Å². The molecule has 0 aliphatic rings. The highest BCUT2D eigenvalue weighted by Gasteiger charge is 2.19. The highest BCUT2D eigenvalue weighted by Crippen LogP contribution is 2.24. The van der Waals surface area contributed by atoms with Gasteiger partial charge in [0.2, 0.25) is 0 Å². The molecule has 0 heterocycles. The van der Waals surface area contributed by atoms with Crippen molar-refractivity contribution in [2.75, 3.05) is 6.54 Å². The lowest BCUT2D eigenvalue weighted by atomic mass is 10.1. The predicted octanol–water partition coefficient (Wildman–Crippen LogP) is 1.60. The van der Waals surface area contributed by atoms with Crippen LogP contribution in [0.5, 0.6) is 5.75 Å². The van der Waals surface area contributed by atoms with Crippen molar-refractivity contribution in [1.82, 2.24) is 5.32 Å². The summed E-state index contributed by atoms with van der Waals surface area (Å²) in [5.41, 5.74) is 0.747. The number of benzene rings is 1. The number of aryl methyl sites for hydroxylation is 1. The molecule has 5 heteroatoms. The van der Waals surface area contributed by atoms with Crippen LogP contribution in [0.25, 0.3) is 0 Å². The number of likely N-dealkylation sites (N-methyl/N-ethyl adjacent to an activating group) is 1. The minimum atomic E-state index is -1.07. The van der Waals surface area contributed by atoms with Crippen LogP contribution in [-0.4, -0.2) is 29.6 Å². The van der Waals surface area contributed by atoms with E-state index in [0.717, 1.165) is 0 Å². The summed E-state index contributed by atoms with van der Waals surface area (Å²) in [6.45, 7) is 5.64. The third-order valence-corrected chi connectivity index (χ3v) is 2.46. The normalized spacial score (nSPS) is 11.7. The smallest absolute Gasteiger partial charge is 0.339 e. The Morgan fingerprint density at radius 3 is 2.67 bits per heavy atom. The quantitative estimate of drug-likeness (QED) is 0.833. The number of rotatable bonds is 5. The fourth-order valence-corrected chi connectivity index (χ4v) is 1.53. The molecule has 98 valence electrons. The molecule has 2 N–H and O–H groups in total. The Hall–Kier alpha value is -2.04. The largest absolute Gasteiger partial charge is 0.480 e. The van der Waals surface area contributed by atoms with Crippen LogP contribution >= 0.6 is 0 Å². The second kappa shape index (κ2) is 6.05. The van der Waals surface area contributed by atoms with E-state index in [4.69, 9.17) is 9.84 Å². The van der Waals surface area contributed by atoms with E-state index in [1.54, 1.807) is 32.9 Å². The van der Waals surface area contributed by atoms with Gasteiger partial charge >= 0.3 is 5.97 Å². The summed E-state index contributed by atoms with van der Waals surface area (Å²) in [5, 5.41) is 11.7. The van der Waals surface area contributed by atoms with Gasteiger partial charge in [0.05, 0.1) is 0 Å². The summed E-state index contributed by atoms with van der Waals surface area (Å²) >= 11 is 0. The highest BCUT2D eigenvalue weighted by molar-refractivity contribution is 5.91. The summed E-state index contributed by atoms with van der Waals surface area (Å²) in [7, 11) is 0. The first-order valence-corrected chi connectivity index (χ1v) is 5.74. The van der Waals surface area contributed by atoms with Crippen LogP contribution in [0.4, 0.5) is 0 Å². The summed E-state index contributed by atoms with van der Waals surface area (Å²) in [4.78, 5) is 22.6. The molecule has 18 heavy (non-hydrogen) atoms. The molecule has 0 aromatic heterocycles. The molecule has 1 aromatic rings.